The maximum atomic E-state index is 12.5. The molecule has 0 aromatic carbocycles. The van der Waals surface area contributed by atoms with Gasteiger partial charge in [-0.1, -0.05) is 5.21 Å². The summed E-state index contributed by atoms with van der Waals surface area (Å²) < 4.78 is 8.50. The van der Waals surface area contributed by atoms with E-state index in [2.05, 4.69) is 35.9 Å². The van der Waals surface area contributed by atoms with Gasteiger partial charge in [-0.15, -0.1) is 5.10 Å². The quantitative estimate of drug-likeness (QED) is 0.317. The Morgan fingerprint density at radius 3 is 2.88 bits per heavy atom. The fourth-order valence-electron chi connectivity index (χ4n) is 5.09. The second-order valence-electron chi connectivity index (χ2n) is 8.33. The van der Waals surface area contributed by atoms with E-state index < -0.39 is 23.7 Å². The largest absolute Gasteiger partial charge is 0.463 e. The number of amides is 1. The van der Waals surface area contributed by atoms with E-state index in [0.717, 1.165) is 0 Å². The maximum Gasteiger partial charge on any atom is 0.256 e. The summed E-state index contributed by atoms with van der Waals surface area (Å²) in [6.07, 6.45) is 2.89. The van der Waals surface area contributed by atoms with Crippen molar-refractivity contribution in [2.24, 2.45) is 11.3 Å². The average Bonchev–Trinajstić information content (AvgIpc) is 3.32. The van der Waals surface area contributed by atoms with E-state index in [1.165, 1.54) is 11.7 Å². The van der Waals surface area contributed by atoms with Gasteiger partial charge >= 0.3 is 0 Å². The molecule has 13 nitrogen and oxygen atoms in total. The zero-order chi connectivity index (χ0) is 22.9. The van der Waals surface area contributed by atoms with E-state index in [4.69, 9.17) is 4.42 Å². The van der Waals surface area contributed by atoms with Gasteiger partial charge in [-0.05, 0) is 18.6 Å². The number of aromatic nitrogens is 7. The van der Waals surface area contributed by atoms with Crippen molar-refractivity contribution in [3.8, 4) is 17.4 Å². The molecular weight excluding hydrogens is 430 g/mol. The number of rotatable bonds is 5. The van der Waals surface area contributed by atoms with Crippen molar-refractivity contribution in [3.63, 3.8) is 0 Å². The molecule has 4 N–H and O–H groups in total. The van der Waals surface area contributed by atoms with Crippen LogP contribution in [0.2, 0.25) is 0 Å². The van der Waals surface area contributed by atoms with Crippen molar-refractivity contribution in [1.82, 2.24) is 39.8 Å². The lowest BCUT2D eigenvalue weighted by Crippen LogP contribution is -2.41. The molecule has 0 bridgehead atoms. The second kappa shape index (κ2) is 6.83. The molecule has 2 aliphatic carbocycles. The SMILES string of the molecule is CNC(=O)[C@]12CC1[C@@H](n1cnc3c(NC)nc(-n4cc(-c5ccco5)nn4)nc31)[C@H](O)C2O. The Hall–Kier alpha value is -3.84. The summed E-state index contributed by atoms with van der Waals surface area (Å²) in [5.74, 6) is 0.743. The first-order valence-electron chi connectivity index (χ1n) is 10.5. The summed E-state index contributed by atoms with van der Waals surface area (Å²) in [5.41, 5.74) is 0.453. The predicted octanol–water partition coefficient (Wildman–Crippen LogP) is -0.263. The summed E-state index contributed by atoms with van der Waals surface area (Å²) in [6.45, 7) is 0. The molecule has 0 radical (unpaired) electrons. The Labute approximate surface area is 186 Å². The maximum absolute atomic E-state index is 12.5. The molecule has 4 aromatic heterocycles. The molecule has 170 valence electrons. The highest BCUT2D eigenvalue weighted by molar-refractivity contribution is 5.88. The lowest BCUT2D eigenvalue weighted by molar-refractivity contribution is -0.132. The lowest BCUT2D eigenvalue weighted by atomic mass is 9.98. The minimum absolute atomic E-state index is 0.236. The number of imidazole rings is 1. The minimum atomic E-state index is -1.18. The number of aliphatic hydroxyl groups is 2. The molecule has 2 unspecified atom stereocenters. The first-order chi connectivity index (χ1) is 16.0. The Morgan fingerprint density at radius 2 is 2.15 bits per heavy atom. The zero-order valence-corrected chi connectivity index (χ0v) is 17.7. The van der Waals surface area contributed by atoms with Crippen LogP contribution in [0.5, 0.6) is 0 Å². The molecular formula is C20H21N9O4. The van der Waals surface area contributed by atoms with Gasteiger partial charge in [-0.25, -0.2) is 4.98 Å². The summed E-state index contributed by atoms with van der Waals surface area (Å²) in [4.78, 5) is 26.1. The average molecular weight is 451 g/mol. The fraction of sp³-hybridized carbons (Fsp3) is 0.400. The molecule has 0 aliphatic heterocycles. The van der Waals surface area contributed by atoms with E-state index in [1.54, 1.807) is 42.5 Å². The molecule has 2 aliphatic rings. The van der Waals surface area contributed by atoms with Gasteiger partial charge in [0.2, 0.25) is 5.91 Å². The van der Waals surface area contributed by atoms with Crippen molar-refractivity contribution in [3.05, 3.63) is 30.9 Å². The molecule has 13 heteroatoms. The molecule has 0 saturated heterocycles. The molecule has 2 saturated carbocycles. The highest BCUT2D eigenvalue weighted by Gasteiger charge is 2.75. The summed E-state index contributed by atoms with van der Waals surface area (Å²) >= 11 is 0. The van der Waals surface area contributed by atoms with Crippen LogP contribution in [0.1, 0.15) is 12.5 Å². The standard InChI is InChI=1S/C20H21N9O4/c1-21-16-12-17(25-19(24-16)29-7-10(26-27-29)11-4-3-5-33-11)28(8-23-12)13-9-6-20(9,18(32)22-2)15(31)14(13)30/h3-5,7-9,13-15,30-31H,6H2,1-2H3,(H,22,32)(H,21,24,25)/t9?,13-,14+,15?,20-/m1/s1. The predicted molar refractivity (Wildman–Crippen MR) is 113 cm³/mol. The Bertz CT molecular complexity index is 1360. The first-order valence-corrected chi connectivity index (χ1v) is 10.5. The highest BCUT2D eigenvalue weighted by atomic mass is 16.3. The van der Waals surface area contributed by atoms with Gasteiger partial charge in [0.05, 0.1) is 36.3 Å². The van der Waals surface area contributed by atoms with Crippen molar-refractivity contribution in [2.75, 3.05) is 19.4 Å². The summed E-state index contributed by atoms with van der Waals surface area (Å²) in [7, 11) is 3.24. The monoisotopic (exact) mass is 451 g/mol. The van der Waals surface area contributed by atoms with Crippen LogP contribution in [0.15, 0.2) is 35.3 Å². The number of carbonyl (C=O) groups excluding carboxylic acids is 1. The van der Waals surface area contributed by atoms with Crippen molar-refractivity contribution >= 4 is 22.9 Å². The number of anilines is 1. The van der Waals surface area contributed by atoms with Gasteiger partial charge in [0.1, 0.15) is 11.8 Å². The van der Waals surface area contributed by atoms with E-state index >= 15 is 0 Å². The Kier molecular flexibility index (Phi) is 4.10. The third kappa shape index (κ3) is 2.60. The van der Waals surface area contributed by atoms with E-state index in [1.807, 2.05) is 0 Å². The third-order valence-electron chi connectivity index (χ3n) is 6.76. The number of fused-ring (bicyclic) bond motifs is 2. The molecule has 33 heavy (non-hydrogen) atoms. The number of hydrogen-bond donors (Lipinski definition) is 4. The normalized spacial score (nSPS) is 28.1. The van der Waals surface area contributed by atoms with Crippen molar-refractivity contribution in [1.29, 1.82) is 0 Å². The number of furan rings is 1. The second-order valence-corrected chi connectivity index (χ2v) is 8.33. The van der Waals surface area contributed by atoms with Gasteiger partial charge in [0, 0.05) is 20.0 Å². The van der Waals surface area contributed by atoms with Crippen LogP contribution in [-0.4, -0.2) is 76.9 Å². The van der Waals surface area contributed by atoms with Gasteiger partial charge in [0.25, 0.3) is 5.95 Å². The zero-order valence-electron chi connectivity index (χ0n) is 17.7. The molecule has 6 rings (SSSR count). The van der Waals surface area contributed by atoms with Crippen LogP contribution in [0.4, 0.5) is 5.82 Å². The van der Waals surface area contributed by atoms with Crippen LogP contribution in [0, 0.1) is 11.3 Å². The number of nitrogens with one attached hydrogen (secondary N) is 2. The molecule has 4 heterocycles. The van der Waals surface area contributed by atoms with Gasteiger partial charge in [-0.2, -0.15) is 14.6 Å². The third-order valence-corrected chi connectivity index (χ3v) is 6.76. The number of nitrogens with zero attached hydrogens (tertiary/aromatic N) is 7. The van der Waals surface area contributed by atoms with Gasteiger partial charge in [-0.3, -0.25) is 4.79 Å². The molecule has 4 aromatic rings. The first kappa shape index (κ1) is 19.8. The molecule has 1 amide bonds. The topological polar surface area (TPSA) is 169 Å². The van der Waals surface area contributed by atoms with Crippen molar-refractivity contribution < 1.29 is 19.4 Å². The fourth-order valence-corrected chi connectivity index (χ4v) is 5.09. The summed E-state index contributed by atoms with van der Waals surface area (Å²) in [6, 6.07) is 2.96. The number of hydrogen-bond acceptors (Lipinski definition) is 10. The van der Waals surface area contributed by atoms with Crippen LogP contribution in [0.3, 0.4) is 0 Å². The van der Waals surface area contributed by atoms with Crippen LogP contribution >= 0.6 is 0 Å². The van der Waals surface area contributed by atoms with Gasteiger partial charge in [0.15, 0.2) is 22.7 Å². The highest BCUT2D eigenvalue weighted by Crippen LogP contribution is 2.67. The van der Waals surface area contributed by atoms with Crippen molar-refractivity contribution in [2.45, 2.75) is 24.7 Å². The van der Waals surface area contributed by atoms with E-state index in [9.17, 15) is 15.0 Å². The Morgan fingerprint density at radius 1 is 1.30 bits per heavy atom. The van der Waals surface area contributed by atoms with E-state index in [0.29, 0.717) is 34.9 Å². The molecule has 0 spiro atoms. The summed E-state index contributed by atoms with van der Waals surface area (Å²) in [5, 5.41) is 35.4. The van der Waals surface area contributed by atoms with Crippen LogP contribution in [0.25, 0.3) is 28.6 Å². The number of aliphatic hydroxyl groups excluding tert-OH is 2. The van der Waals surface area contributed by atoms with E-state index in [-0.39, 0.29) is 17.8 Å². The smallest absolute Gasteiger partial charge is 0.256 e. The minimum Gasteiger partial charge on any atom is -0.463 e. The molecule has 2 fully saturated rings. The number of carbonyl (C=O) groups is 1. The van der Waals surface area contributed by atoms with Crippen LogP contribution in [-0.2, 0) is 4.79 Å². The van der Waals surface area contributed by atoms with Crippen LogP contribution < -0.4 is 10.6 Å². The lowest BCUT2D eigenvalue weighted by Gasteiger charge is -2.23. The van der Waals surface area contributed by atoms with Gasteiger partial charge < -0.3 is 29.8 Å². The molecule has 5 atom stereocenters. The Balaban J connectivity index is 1.45.